The van der Waals surface area contributed by atoms with Gasteiger partial charge in [0, 0.05) is 5.75 Å². The molecule has 0 unspecified atom stereocenters. The van der Waals surface area contributed by atoms with Gasteiger partial charge in [-0.05, 0) is 5.25 Å². The third-order valence-corrected chi connectivity index (χ3v) is 2.60. The van der Waals surface area contributed by atoms with Crippen molar-refractivity contribution in [3.63, 3.8) is 0 Å². The van der Waals surface area contributed by atoms with E-state index in [9.17, 15) is 4.79 Å². The molecule has 13 heavy (non-hydrogen) atoms. The first-order valence-corrected chi connectivity index (χ1v) is 5.03. The minimum Gasteiger partial charge on any atom is -0.476 e. The van der Waals surface area contributed by atoms with Crippen LogP contribution in [0.15, 0.2) is 6.33 Å². The summed E-state index contributed by atoms with van der Waals surface area (Å²) in [4.78, 5) is 17.2. The van der Waals surface area contributed by atoms with Crippen molar-refractivity contribution in [2.24, 2.45) is 0 Å². The average molecular weight is 200 g/mol. The SMILES string of the molecule is CC(C)SCc1[nH]cnc1C(=O)O. The maximum absolute atomic E-state index is 10.6. The second kappa shape index (κ2) is 4.32. The van der Waals surface area contributed by atoms with E-state index >= 15 is 0 Å². The van der Waals surface area contributed by atoms with Gasteiger partial charge in [-0.1, -0.05) is 13.8 Å². The molecule has 0 saturated carbocycles. The van der Waals surface area contributed by atoms with Crippen molar-refractivity contribution in [2.75, 3.05) is 0 Å². The van der Waals surface area contributed by atoms with E-state index < -0.39 is 5.97 Å². The molecule has 0 aliphatic carbocycles. The highest BCUT2D eigenvalue weighted by Crippen LogP contribution is 2.17. The number of hydrogen-bond acceptors (Lipinski definition) is 3. The van der Waals surface area contributed by atoms with Crippen LogP contribution in [0.1, 0.15) is 30.0 Å². The Bertz CT molecular complexity index is 296. The lowest BCUT2D eigenvalue weighted by molar-refractivity contribution is 0.0690. The number of aromatic nitrogens is 2. The van der Waals surface area contributed by atoms with Gasteiger partial charge in [-0.25, -0.2) is 9.78 Å². The highest BCUT2D eigenvalue weighted by atomic mass is 32.2. The first-order chi connectivity index (χ1) is 6.11. The maximum atomic E-state index is 10.6. The zero-order valence-electron chi connectivity index (χ0n) is 7.57. The summed E-state index contributed by atoms with van der Waals surface area (Å²) in [5, 5.41) is 9.22. The number of nitrogens with zero attached hydrogens (tertiary/aromatic N) is 1. The van der Waals surface area contributed by atoms with Gasteiger partial charge in [-0.3, -0.25) is 0 Å². The molecule has 0 aliphatic rings. The molecule has 0 bridgehead atoms. The number of H-pyrrole nitrogens is 1. The molecule has 1 rings (SSSR count). The number of thioether (sulfide) groups is 1. The summed E-state index contributed by atoms with van der Waals surface area (Å²) in [5.41, 5.74) is 0.819. The molecule has 0 amide bonds. The van der Waals surface area contributed by atoms with Gasteiger partial charge >= 0.3 is 5.97 Å². The highest BCUT2D eigenvalue weighted by molar-refractivity contribution is 7.99. The standard InChI is InChI=1S/C8H12N2O2S/c1-5(2)13-3-6-7(8(11)12)10-4-9-6/h4-5H,3H2,1-2H3,(H,9,10)(H,11,12). The molecule has 0 aromatic carbocycles. The fourth-order valence-corrected chi connectivity index (χ4v) is 1.59. The lowest BCUT2D eigenvalue weighted by Crippen LogP contribution is -2.01. The van der Waals surface area contributed by atoms with Gasteiger partial charge < -0.3 is 10.1 Å². The monoisotopic (exact) mass is 200 g/mol. The number of carbonyl (C=O) groups is 1. The summed E-state index contributed by atoms with van der Waals surface area (Å²) >= 11 is 1.69. The molecular formula is C8H12N2O2S. The Labute approximate surface area is 80.8 Å². The van der Waals surface area contributed by atoms with E-state index in [0.717, 1.165) is 0 Å². The number of nitrogens with one attached hydrogen (secondary N) is 1. The second-order valence-electron chi connectivity index (χ2n) is 2.89. The van der Waals surface area contributed by atoms with Crippen molar-refractivity contribution in [2.45, 2.75) is 24.9 Å². The number of imidazole rings is 1. The zero-order chi connectivity index (χ0) is 9.84. The Balaban J connectivity index is 2.65. The topological polar surface area (TPSA) is 66.0 Å². The predicted molar refractivity (Wildman–Crippen MR) is 52.0 cm³/mol. The van der Waals surface area contributed by atoms with Crippen LogP contribution in [-0.4, -0.2) is 26.3 Å². The van der Waals surface area contributed by atoms with E-state index in [1.54, 1.807) is 11.8 Å². The van der Waals surface area contributed by atoms with Gasteiger partial charge in [-0.2, -0.15) is 11.8 Å². The van der Waals surface area contributed by atoms with Gasteiger partial charge in [-0.15, -0.1) is 0 Å². The van der Waals surface area contributed by atoms with Gasteiger partial charge in [0.25, 0.3) is 0 Å². The van der Waals surface area contributed by atoms with Crippen LogP contribution in [0, 0.1) is 0 Å². The molecule has 0 radical (unpaired) electrons. The van der Waals surface area contributed by atoms with Crippen molar-refractivity contribution in [3.8, 4) is 0 Å². The predicted octanol–water partition coefficient (Wildman–Crippen LogP) is 1.75. The molecule has 1 heterocycles. The summed E-state index contributed by atoms with van der Waals surface area (Å²) in [5.74, 6) is -0.306. The average Bonchev–Trinajstić information content (AvgIpc) is 2.47. The first kappa shape index (κ1) is 10.1. The molecular weight excluding hydrogens is 188 g/mol. The van der Waals surface area contributed by atoms with E-state index in [1.165, 1.54) is 6.33 Å². The molecule has 4 nitrogen and oxygen atoms in total. The number of carboxylic acids is 1. The first-order valence-electron chi connectivity index (χ1n) is 3.98. The fourth-order valence-electron chi connectivity index (χ4n) is 0.865. The van der Waals surface area contributed by atoms with Crippen LogP contribution in [0.25, 0.3) is 0 Å². The molecule has 0 atom stereocenters. The van der Waals surface area contributed by atoms with E-state index in [4.69, 9.17) is 5.11 Å². The Morgan fingerprint density at radius 2 is 2.46 bits per heavy atom. The van der Waals surface area contributed by atoms with E-state index in [2.05, 4.69) is 23.8 Å². The van der Waals surface area contributed by atoms with Gasteiger partial charge in [0.05, 0.1) is 12.0 Å². The Hall–Kier alpha value is -0.970. The summed E-state index contributed by atoms with van der Waals surface area (Å²) in [7, 11) is 0. The molecule has 5 heteroatoms. The Morgan fingerprint density at radius 3 is 3.00 bits per heavy atom. The minimum atomic E-state index is -0.972. The lowest BCUT2D eigenvalue weighted by Gasteiger charge is -2.02. The largest absolute Gasteiger partial charge is 0.476 e. The van der Waals surface area contributed by atoms with Crippen molar-refractivity contribution in [1.82, 2.24) is 9.97 Å². The van der Waals surface area contributed by atoms with E-state index in [-0.39, 0.29) is 5.69 Å². The minimum absolute atomic E-state index is 0.133. The number of aromatic amines is 1. The van der Waals surface area contributed by atoms with Crippen LogP contribution < -0.4 is 0 Å². The third kappa shape index (κ3) is 2.77. The van der Waals surface area contributed by atoms with Crippen molar-refractivity contribution < 1.29 is 9.90 Å². The van der Waals surface area contributed by atoms with E-state index in [0.29, 0.717) is 16.7 Å². The van der Waals surface area contributed by atoms with Gasteiger partial charge in [0.1, 0.15) is 0 Å². The number of hydrogen-bond donors (Lipinski definition) is 2. The van der Waals surface area contributed by atoms with Crippen LogP contribution in [0.5, 0.6) is 0 Å². The molecule has 1 aromatic heterocycles. The normalized spacial score (nSPS) is 10.7. The van der Waals surface area contributed by atoms with Crippen LogP contribution in [-0.2, 0) is 5.75 Å². The van der Waals surface area contributed by atoms with Gasteiger partial charge in [0.15, 0.2) is 5.69 Å². The molecule has 0 fully saturated rings. The lowest BCUT2D eigenvalue weighted by atomic mass is 10.3. The number of rotatable bonds is 4. The van der Waals surface area contributed by atoms with Crippen LogP contribution in [0.4, 0.5) is 0 Å². The molecule has 2 N–H and O–H groups in total. The second-order valence-corrected chi connectivity index (χ2v) is 4.46. The number of aromatic carboxylic acids is 1. The zero-order valence-corrected chi connectivity index (χ0v) is 8.39. The summed E-state index contributed by atoms with van der Waals surface area (Å²) in [6.07, 6.45) is 1.42. The quantitative estimate of drug-likeness (QED) is 0.777. The fraction of sp³-hybridized carbons (Fsp3) is 0.500. The van der Waals surface area contributed by atoms with Crippen molar-refractivity contribution >= 4 is 17.7 Å². The molecule has 0 spiro atoms. The third-order valence-electron chi connectivity index (χ3n) is 1.48. The van der Waals surface area contributed by atoms with Crippen molar-refractivity contribution in [1.29, 1.82) is 0 Å². The molecule has 1 aromatic rings. The van der Waals surface area contributed by atoms with Crippen LogP contribution in [0.3, 0.4) is 0 Å². The van der Waals surface area contributed by atoms with Crippen LogP contribution >= 0.6 is 11.8 Å². The van der Waals surface area contributed by atoms with Gasteiger partial charge in [0.2, 0.25) is 0 Å². The summed E-state index contributed by atoms with van der Waals surface area (Å²) in [6, 6.07) is 0. The Kier molecular flexibility index (Phi) is 3.36. The number of carboxylic acid groups (broad SMARTS) is 1. The smallest absolute Gasteiger partial charge is 0.356 e. The highest BCUT2D eigenvalue weighted by Gasteiger charge is 2.12. The Morgan fingerprint density at radius 1 is 1.77 bits per heavy atom. The van der Waals surface area contributed by atoms with Crippen molar-refractivity contribution in [3.05, 3.63) is 17.7 Å². The molecule has 72 valence electrons. The van der Waals surface area contributed by atoms with Crippen LogP contribution in [0.2, 0.25) is 0 Å². The summed E-state index contributed by atoms with van der Waals surface area (Å²) < 4.78 is 0. The van der Waals surface area contributed by atoms with E-state index in [1.807, 2.05) is 0 Å². The molecule has 0 saturated heterocycles. The molecule has 0 aliphatic heterocycles. The maximum Gasteiger partial charge on any atom is 0.356 e. The summed E-state index contributed by atoms with van der Waals surface area (Å²) in [6.45, 7) is 4.14.